The number of carbonyl (C=O) groups excluding carboxylic acids is 12. The van der Waals surface area contributed by atoms with E-state index in [0.717, 1.165) is 63.1 Å². The zero-order chi connectivity index (χ0) is 95.9. The van der Waals surface area contributed by atoms with Crippen LogP contribution in [-0.4, -0.2) is 210 Å². The Morgan fingerprint density at radius 1 is 0.276 bits per heavy atom. The Morgan fingerprint density at radius 2 is 0.543 bits per heavy atom. The number of unbranched alkanes of at least 4 members (excludes halogenated alkanes) is 28. The smallest absolute Gasteiger partial charge is 0.408 e. The van der Waals surface area contributed by atoms with Gasteiger partial charge in [0.25, 0.3) is 0 Å². The van der Waals surface area contributed by atoms with Gasteiger partial charge >= 0.3 is 48.4 Å². The molecular formula is C94H174N10O22S. The van der Waals surface area contributed by atoms with Gasteiger partial charge in [-0.2, -0.15) is 11.8 Å². The zero-order valence-electron chi connectivity index (χ0n) is 81.9. The summed E-state index contributed by atoms with van der Waals surface area (Å²) >= 11 is 1.11. The number of hydrogen-bond donors (Lipinski definition) is 11. The van der Waals surface area contributed by atoms with Crippen molar-refractivity contribution in [2.24, 2.45) is 0 Å². The van der Waals surface area contributed by atoms with Gasteiger partial charge in [0, 0.05) is 50.5 Å². The summed E-state index contributed by atoms with van der Waals surface area (Å²) in [6.45, 7) is 34.5. The number of nitrogens with one attached hydrogen (secondary N) is 10. The second kappa shape index (κ2) is 67.6. The molecule has 0 aromatic rings. The number of hydrogen-bond acceptors (Lipinski definition) is 22. The van der Waals surface area contributed by atoms with E-state index < -0.39 is 160 Å². The fourth-order valence-electron chi connectivity index (χ4n) is 13.0. The van der Waals surface area contributed by atoms with Crippen LogP contribution in [0.3, 0.4) is 0 Å². The summed E-state index contributed by atoms with van der Waals surface area (Å²) in [5.41, 5.74) is -5.20. The molecule has 738 valence electrons. The van der Waals surface area contributed by atoms with Crippen molar-refractivity contribution in [3.05, 3.63) is 0 Å². The highest BCUT2D eigenvalue weighted by Crippen LogP contribution is 2.21. The summed E-state index contributed by atoms with van der Waals surface area (Å²) < 4.78 is 45.2. The third-order valence-corrected chi connectivity index (χ3v) is 20.7. The van der Waals surface area contributed by atoms with Crippen LogP contribution < -0.4 is 53.2 Å². The first kappa shape index (κ1) is 119. The molecule has 11 N–H and O–H groups in total. The van der Waals surface area contributed by atoms with Crippen molar-refractivity contribution in [1.29, 1.82) is 0 Å². The van der Waals surface area contributed by atoms with Gasteiger partial charge in [-0.1, -0.05) is 168 Å². The molecule has 0 saturated heterocycles. The highest BCUT2D eigenvalue weighted by molar-refractivity contribution is 7.99. The first-order chi connectivity index (χ1) is 59.5. The van der Waals surface area contributed by atoms with E-state index in [0.29, 0.717) is 19.3 Å². The Kier molecular flexibility index (Phi) is 63.6. The predicted molar refractivity (Wildman–Crippen MR) is 497 cm³/mol. The van der Waals surface area contributed by atoms with E-state index in [2.05, 4.69) is 67.0 Å². The molecule has 0 aliphatic rings. The Hall–Kier alpha value is -7.58. The normalized spacial score (nSPS) is 13.6. The van der Waals surface area contributed by atoms with E-state index in [1.807, 2.05) is 0 Å². The number of carboxylic acids is 1. The molecule has 0 saturated carbocycles. The van der Waals surface area contributed by atoms with Crippen molar-refractivity contribution in [3.63, 3.8) is 0 Å². The van der Waals surface area contributed by atoms with Crippen LogP contribution in [0.25, 0.3) is 0 Å². The minimum absolute atomic E-state index is 0.00656. The summed E-state index contributed by atoms with van der Waals surface area (Å²) in [6.07, 6.45) is 26.3. The van der Waals surface area contributed by atoms with Crippen LogP contribution in [0.15, 0.2) is 0 Å². The first-order valence-corrected chi connectivity index (χ1v) is 48.8. The topological polar surface area (TPSA) is 436 Å². The molecule has 0 aromatic heterocycles. The van der Waals surface area contributed by atoms with Gasteiger partial charge < -0.3 is 96.2 Å². The summed E-state index contributed by atoms with van der Waals surface area (Å²) in [4.78, 5) is 179. The molecule has 127 heavy (non-hydrogen) atoms. The average Bonchev–Trinajstić information content (AvgIpc) is 0.854. The number of alkyl carbamates (subject to hydrolysis) is 5. The third-order valence-electron chi connectivity index (χ3n) is 19.5. The molecule has 0 spiro atoms. The second-order valence-corrected chi connectivity index (χ2v) is 40.4. The lowest BCUT2D eigenvalue weighted by atomic mass is 10.0. The molecule has 7 atom stereocenters. The van der Waals surface area contributed by atoms with E-state index in [1.165, 1.54) is 103 Å². The van der Waals surface area contributed by atoms with E-state index in [1.54, 1.807) is 125 Å². The van der Waals surface area contributed by atoms with Gasteiger partial charge in [0.2, 0.25) is 29.5 Å². The van der Waals surface area contributed by atoms with Gasteiger partial charge in [-0.25, -0.2) is 28.8 Å². The fourth-order valence-corrected chi connectivity index (χ4v) is 14.0. The number of aliphatic carboxylic acids is 1. The highest BCUT2D eigenvalue weighted by Gasteiger charge is 2.36. The lowest BCUT2D eigenvalue weighted by Gasteiger charge is -2.29. The Balaban J connectivity index is 7.68. The standard InChI is InChI=1S/C94H174N10O22S/c1-21-23-25-27-29-31-33-35-37-39-41-43-45-59-76(105)119-65-69(121-77(106)60-46-44-42-40-38-36-34-32-30-28-26-24-22-2)67-127-68-75(104-88(118)126-94(18,19)20)82(111)103-74(66-120-89(3,4)5)81(110)101-71(56-48-52-62-96-85(115)123-91(9,10)11)79(108)99-70(55-47-51-61-95-84(114)122-90(6,7)8)78(107)100-72(57-49-53-63-97-86(116)124-92(12,13)14)80(109)102-73(83(112)113)58-50-54-64-98-87(117)125-93(15,16)17/h69-75H,21-68H2,1-20H3,(H,95,114)(H,96,115)(H,97,116)(H,98,117)(H,99,108)(H,100,107)(H,101,110)(H,102,109)(H,103,111)(H,104,118)(H,112,113)/t69?,70-,71-,72-,73-,74-,75-/m0/s1. The molecular weight excluding hydrogens is 1650 g/mol. The van der Waals surface area contributed by atoms with Crippen LogP contribution in [-0.2, 0) is 76.3 Å². The zero-order valence-corrected chi connectivity index (χ0v) is 82.7. The quantitative estimate of drug-likeness (QED) is 0.0153. The lowest BCUT2D eigenvalue weighted by molar-refractivity contribution is -0.157. The molecule has 0 radical (unpaired) electrons. The minimum Gasteiger partial charge on any atom is -0.480 e. The summed E-state index contributed by atoms with van der Waals surface area (Å²) in [7, 11) is 0. The number of rotatable bonds is 69. The van der Waals surface area contributed by atoms with Gasteiger partial charge in [-0.15, -0.1) is 0 Å². The molecule has 1 unspecified atom stereocenters. The van der Waals surface area contributed by atoms with Gasteiger partial charge in [0.1, 0.15) is 77.0 Å². The van der Waals surface area contributed by atoms with Crippen molar-refractivity contribution >= 4 is 89.7 Å². The monoisotopic (exact) mass is 1830 g/mol. The molecule has 10 amide bonds. The van der Waals surface area contributed by atoms with Crippen LogP contribution in [0.1, 0.15) is 395 Å². The second-order valence-electron chi connectivity index (χ2n) is 39.3. The summed E-state index contributed by atoms with van der Waals surface area (Å²) in [5, 5.41) is 37.3. The van der Waals surface area contributed by atoms with Gasteiger partial charge in [0.15, 0.2) is 0 Å². The number of esters is 2. The number of ether oxygens (including phenoxy) is 8. The van der Waals surface area contributed by atoms with Crippen LogP contribution in [0.4, 0.5) is 24.0 Å². The van der Waals surface area contributed by atoms with Crippen LogP contribution in [0, 0.1) is 0 Å². The molecule has 0 bridgehead atoms. The molecule has 0 fully saturated rings. The molecule has 32 nitrogen and oxygen atoms in total. The van der Waals surface area contributed by atoms with Crippen molar-refractivity contribution in [2.45, 2.75) is 471 Å². The Labute approximate surface area is 766 Å². The summed E-state index contributed by atoms with van der Waals surface area (Å²) in [6, 6.07) is -9.05. The maximum Gasteiger partial charge on any atom is 0.408 e. The van der Waals surface area contributed by atoms with Crippen molar-refractivity contribution < 1.29 is 105 Å². The van der Waals surface area contributed by atoms with Gasteiger partial charge in [0.05, 0.1) is 12.2 Å². The summed E-state index contributed by atoms with van der Waals surface area (Å²) in [5.74, 6) is -7.08. The van der Waals surface area contributed by atoms with Gasteiger partial charge in [-0.05, 0) is 215 Å². The average molecular weight is 1830 g/mol. The van der Waals surface area contributed by atoms with E-state index in [4.69, 9.17) is 37.9 Å². The third kappa shape index (κ3) is 72.9. The number of carbonyl (C=O) groups is 13. The maximum absolute atomic E-state index is 15.3. The number of carboxylic acid groups (broad SMARTS) is 1. The van der Waals surface area contributed by atoms with E-state index >= 15 is 19.2 Å². The molecule has 0 heterocycles. The molecule has 0 rings (SSSR count). The number of thioether (sulfide) groups is 1. The first-order valence-electron chi connectivity index (χ1n) is 47.7. The minimum atomic E-state index is -1.62. The molecule has 0 aromatic carbocycles. The molecule has 0 aliphatic heterocycles. The van der Waals surface area contributed by atoms with Crippen molar-refractivity contribution in [1.82, 2.24) is 53.2 Å². The SMILES string of the molecule is CCCCCCCCCCCCCCCC(=O)OCC(CSC[C@H](NC(=O)OC(C)(C)C)C(=O)N[C@@H](COC(C)(C)C)C(=O)N[C@@H](CCCCNC(=O)OC(C)(C)C)C(=O)N[C@@H](CCCCNC(=O)OC(C)(C)C)C(=O)N[C@@H](CCCCNC(=O)OC(C)(C)C)C(=O)N[C@@H](CCCCNC(=O)OC(C)(C)C)C(=O)O)OC(=O)CCCCCCCCCCCCCCC. The highest BCUT2D eigenvalue weighted by atomic mass is 32.2. The van der Waals surface area contributed by atoms with Crippen LogP contribution in [0.5, 0.6) is 0 Å². The van der Waals surface area contributed by atoms with Crippen LogP contribution in [0.2, 0.25) is 0 Å². The lowest BCUT2D eigenvalue weighted by Crippen LogP contribution is -2.60. The maximum atomic E-state index is 15.3. The van der Waals surface area contributed by atoms with E-state index in [9.17, 15) is 48.3 Å². The Bertz CT molecular complexity index is 3120. The molecule has 33 heteroatoms. The largest absolute Gasteiger partial charge is 0.480 e. The predicted octanol–water partition coefficient (Wildman–Crippen LogP) is 17.1. The fraction of sp³-hybridized carbons (Fsp3) is 0.862. The Morgan fingerprint density at radius 3 is 0.850 bits per heavy atom. The van der Waals surface area contributed by atoms with E-state index in [-0.39, 0.29) is 128 Å². The van der Waals surface area contributed by atoms with Crippen molar-refractivity contribution in [3.8, 4) is 0 Å². The van der Waals surface area contributed by atoms with Gasteiger partial charge in [-0.3, -0.25) is 33.6 Å². The number of amides is 10. The van der Waals surface area contributed by atoms with Crippen molar-refractivity contribution in [2.75, 3.05) is 50.9 Å². The van der Waals surface area contributed by atoms with Crippen LogP contribution >= 0.6 is 11.8 Å². The molecule has 0 aliphatic carbocycles.